The van der Waals surface area contributed by atoms with Crippen molar-refractivity contribution in [3.63, 3.8) is 0 Å². The van der Waals surface area contributed by atoms with E-state index in [2.05, 4.69) is 14.9 Å². The van der Waals surface area contributed by atoms with Crippen LogP contribution in [0.4, 0.5) is 11.6 Å². The highest BCUT2D eigenvalue weighted by Crippen LogP contribution is 2.20. The molecule has 2 rings (SSSR count). The number of anilines is 2. The maximum Gasteiger partial charge on any atom is 0.225 e. The summed E-state index contributed by atoms with van der Waals surface area (Å²) < 4.78 is 5.14. The Bertz CT molecular complexity index is 314. The summed E-state index contributed by atoms with van der Waals surface area (Å²) in [6.07, 6.45) is 4.43. The molecular weight excluding hydrogens is 192 g/mol. The van der Waals surface area contributed by atoms with Gasteiger partial charge in [-0.05, 0) is 6.42 Å². The van der Waals surface area contributed by atoms with E-state index in [1.165, 1.54) is 0 Å². The van der Waals surface area contributed by atoms with Gasteiger partial charge in [-0.15, -0.1) is 0 Å². The second-order valence-corrected chi connectivity index (χ2v) is 3.87. The minimum Gasteiger partial charge on any atom is -0.396 e. The lowest BCUT2D eigenvalue weighted by atomic mass is 10.1. The Morgan fingerprint density at radius 3 is 2.93 bits per heavy atom. The quantitative estimate of drug-likeness (QED) is 0.785. The molecule has 5 nitrogen and oxygen atoms in total. The summed E-state index contributed by atoms with van der Waals surface area (Å²) in [4.78, 5) is 10.6. The Kier molecular flexibility index (Phi) is 3.01. The molecule has 0 saturated carbocycles. The fraction of sp³-hybridized carbons (Fsp3) is 0.600. The van der Waals surface area contributed by atoms with Crippen LogP contribution < -0.4 is 10.6 Å². The Morgan fingerprint density at radius 1 is 1.53 bits per heavy atom. The van der Waals surface area contributed by atoms with E-state index >= 15 is 0 Å². The molecule has 0 amide bonds. The lowest BCUT2D eigenvalue weighted by Crippen LogP contribution is -2.23. The Labute approximate surface area is 89.3 Å². The first kappa shape index (κ1) is 10.2. The second-order valence-electron chi connectivity index (χ2n) is 3.87. The van der Waals surface area contributed by atoms with Crippen molar-refractivity contribution in [1.29, 1.82) is 0 Å². The first-order chi connectivity index (χ1) is 7.29. The fourth-order valence-electron chi connectivity index (χ4n) is 1.88. The summed E-state index contributed by atoms with van der Waals surface area (Å²) in [5.74, 6) is 1.36. The molecule has 0 radical (unpaired) electrons. The average Bonchev–Trinajstić information content (AvgIpc) is 2.68. The van der Waals surface area contributed by atoms with Crippen molar-refractivity contribution < 1.29 is 4.74 Å². The van der Waals surface area contributed by atoms with Crippen LogP contribution in [0.25, 0.3) is 0 Å². The van der Waals surface area contributed by atoms with Gasteiger partial charge < -0.3 is 15.4 Å². The van der Waals surface area contributed by atoms with Crippen molar-refractivity contribution in [2.75, 3.05) is 37.4 Å². The van der Waals surface area contributed by atoms with Gasteiger partial charge in [0.05, 0.1) is 24.7 Å². The van der Waals surface area contributed by atoms with Crippen LogP contribution >= 0.6 is 0 Å². The number of nitrogens with two attached hydrogens (primary N) is 1. The van der Waals surface area contributed by atoms with E-state index in [1.54, 1.807) is 19.5 Å². The second kappa shape index (κ2) is 4.44. The molecule has 0 bridgehead atoms. The van der Waals surface area contributed by atoms with E-state index in [4.69, 9.17) is 10.5 Å². The minimum atomic E-state index is 0.594. The number of nitrogen functional groups attached to an aromatic ring is 1. The van der Waals surface area contributed by atoms with Gasteiger partial charge in [-0.1, -0.05) is 0 Å². The zero-order chi connectivity index (χ0) is 10.7. The summed E-state index contributed by atoms with van der Waals surface area (Å²) >= 11 is 0. The average molecular weight is 208 g/mol. The van der Waals surface area contributed by atoms with Gasteiger partial charge in [0.25, 0.3) is 0 Å². The normalized spacial score (nSPS) is 20.9. The van der Waals surface area contributed by atoms with Crippen LogP contribution in [0.15, 0.2) is 12.4 Å². The van der Waals surface area contributed by atoms with Gasteiger partial charge in [-0.3, -0.25) is 0 Å². The summed E-state index contributed by atoms with van der Waals surface area (Å²) in [7, 11) is 1.74. The van der Waals surface area contributed by atoms with Gasteiger partial charge in [0.1, 0.15) is 0 Å². The van der Waals surface area contributed by atoms with E-state index < -0.39 is 0 Å². The van der Waals surface area contributed by atoms with E-state index in [0.717, 1.165) is 32.1 Å². The summed E-state index contributed by atoms with van der Waals surface area (Å²) in [5, 5.41) is 0. The van der Waals surface area contributed by atoms with Gasteiger partial charge in [0.15, 0.2) is 0 Å². The first-order valence-electron chi connectivity index (χ1n) is 5.11. The first-order valence-corrected chi connectivity index (χ1v) is 5.11. The third-order valence-corrected chi connectivity index (χ3v) is 2.63. The highest BCUT2D eigenvalue weighted by molar-refractivity contribution is 5.38. The molecule has 2 N–H and O–H groups in total. The number of hydrogen-bond donors (Lipinski definition) is 1. The van der Waals surface area contributed by atoms with Crippen molar-refractivity contribution in [3.8, 4) is 0 Å². The molecule has 15 heavy (non-hydrogen) atoms. The highest BCUT2D eigenvalue weighted by atomic mass is 16.5. The number of hydrogen-bond acceptors (Lipinski definition) is 5. The molecule has 1 unspecified atom stereocenters. The summed E-state index contributed by atoms with van der Waals surface area (Å²) in [6, 6.07) is 0. The molecule has 1 aromatic rings. The van der Waals surface area contributed by atoms with Crippen molar-refractivity contribution in [2.45, 2.75) is 6.42 Å². The molecule has 0 aliphatic carbocycles. The maximum atomic E-state index is 5.54. The Balaban J connectivity index is 1.98. The van der Waals surface area contributed by atoms with E-state index in [1.807, 2.05) is 0 Å². The molecule has 5 heteroatoms. The van der Waals surface area contributed by atoms with Gasteiger partial charge in [-0.2, -0.15) is 0 Å². The zero-order valence-electron chi connectivity index (χ0n) is 8.89. The van der Waals surface area contributed by atoms with E-state index in [0.29, 0.717) is 11.6 Å². The predicted octanol–water partition coefficient (Wildman–Crippen LogP) is 0.531. The predicted molar refractivity (Wildman–Crippen MR) is 58.6 cm³/mol. The van der Waals surface area contributed by atoms with Gasteiger partial charge in [-0.25, -0.2) is 9.97 Å². The fourth-order valence-corrected chi connectivity index (χ4v) is 1.88. The minimum absolute atomic E-state index is 0.594. The van der Waals surface area contributed by atoms with E-state index in [9.17, 15) is 0 Å². The lowest BCUT2D eigenvalue weighted by Gasteiger charge is -2.15. The van der Waals surface area contributed by atoms with Crippen LogP contribution in [0.2, 0.25) is 0 Å². The summed E-state index contributed by atoms with van der Waals surface area (Å²) in [5.41, 5.74) is 6.14. The molecule has 2 heterocycles. The van der Waals surface area contributed by atoms with Crippen LogP contribution in [-0.4, -0.2) is 36.8 Å². The third kappa shape index (κ3) is 2.36. The standard InChI is InChI=1S/C10H16N4O/c1-15-7-8-2-3-14(6-8)10-12-4-9(11)5-13-10/h4-5,8H,2-3,6-7,11H2,1H3. The SMILES string of the molecule is COCC1CCN(c2ncc(N)cn2)C1. The topological polar surface area (TPSA) is 64.3 Å². The zero-order valence-corrected chi connectivity index (χ0v) is 8.89. The van der Waals surface area contributed by atoms with Crippen LogP contribution in [0.1, 0.15) is 6.42 Å². The van der Waals surface area contributed by atoms with Crippen LogP contribution in [0, 0.1) is 5.92 Å². The molecule has 0 aromatic carbocycles. The molecule has 1 fully saturated rings. The molecule has 1 aliphatic rings. The molecule has 1 saturated heterocycles. The van der Waals surface area contributed by atoms with Crippen LogP contribution in [-0.2, 0) is 4.74 Å². The third-order valence-electron chi connectivity index (χ3n) is 2.63. The van der Waals surface area contributed by atoms with Crippen molar-refractivity contribution >= 4 is 11.6 Å². The van der Waals surface area contributed by atoms with Crippen LogP contribution in [0.3, 0.4) is 0 Å². The maximum absolute atomic E-state index is 5.54. The molecule has 82 valence electrons. The van der Waals surface area contributed by atoms with Crippen molar-refractivity contribution in [2.24, 2.45) is 5.92 Å². The Morgan fingerprint density at radius 2 is 2.27 bits per heavy atom. The largest absolute Gasteiger partial charge is 0.396 e. The van der Waals surface area contributed by atoms with Gasteiger partial charge >= 0.3 is 0 Å². The highest BCUT2D eigenvalue weighted by Gasteiger charge is 2.23. The molecule has 0 spiro atoms. The molecule has 1 aromatic heterocycles. The molecule has 1 atom stereocenters. The smallest absolute Gasteiger partial charge is 0.225 e. The van der Waals surface area contributed by atoms with Gasteiger partial charge in [0.2, 0.25) is 5.95 Å². The number of aromatic nitrogens is 2. The monoisotopic (exact) mass is 208 g/mol. The molecular formula is C10H16N4O. The Hall–Kier alpha value is -1.36. The number of methoxy groups -OCH3 is 1. The summed E-state index contributed by atoms with van der Waals surface area (Å²) in [6.45, 7) is 2.78. The molecule has 1 aliphatic heterocycles. The number of nitrogens with zero attached hydrogens (tertiary/aromatic N) is 3. The van der Waals surface area contributed by atoms with Crippen molar-refractivity contribution in [3.05, 3.63) is 12.4 Å². The number of ether oxygens (including phenoxy) is 1. The van der Waals surface area contributed by atoms with Gasteiger partial charge in [0, 0.05) is 26.1 Å². The van der Waals surface area contributed by atoms with Crippen molar-refractivity contribution in [1.82, 2.24) is 9.97 Å². The van der Waals surface area contributed by atoms with Crippen LogP contribution in [0.5, 0.6) is 0 Å². The number of rotatable bonds is 3. The van der Waals surface area contributed by atoms with E-state index in [-0.39, 0.29) is 0 Å². The lowest BCUT2D eigenvalue weighted by molar-refractivity contribution is 0.161.